The number of anilines is 1. The van der Waals surface area contributed by atoms with Gasteiger partial charge < -0.3 is 4.74 Å². The molecule has 8 heteroatoms. The summed E-state index contributed by atoms with van der Waals surface area (Å²) >= 11 is 1.59. The molecule has 0 saturated carbocycles. The molecule has 2 aromatic heterocycles. The zero-order valence-electron chi connectivity index (χ0n) is 18.1. The molecule has 3 aromatic rings. The van der Waals surface area contributed by atoms with Crippen LogP contribution in [0.25, 0.3) is 10.2 Å². The van der Waals surface area contributed by atoms with Gasteiger partial charge in [-0.05, 0) is 44.9 Å². The summed E-state index contributed by atoms with van der Waals surface area (Å²) in [5.74, 6) is -0.0899. The molecule has 0 spiro atoms. The summed E-state index contributed by atoms with van der Waals surface area (Å²) in [4.78, 5) is 22.5. The molecule has 0 radical (unpaired) electrons. The van der Waals surface area contributed by atoms with Gasteiger partial charge in [0.2, 0.25) is 0 Å². The Balaban J connectivity index is 1.68. The van der Waals surface area contributed by atoms with Gasteiger partial charge in [-0.3, -0.25) is 19.3 Å². The van der Waals surface area contributed by atoms with E-state index in [0.29, 0.717) is 12.2 Å². The van der Waals surface area contributed by atoms with Crippen LogP contribution in [-0.4, -0.2) is 65.0 Å². The molecule has 1 amide bonds. The van der Waals surface area contributed by atoms with Crippen LogP contribution in [0.5, 0.6) is 0 Å². The first kappa shape index (κ1) is 21.0. The summed E-state index contributed by atoms with van der Waals surface area (Å²) in [5, 5.41) is 5.27. The van der Waals surface area contributed by atoms with Crippen molar-refractivity contribution in [1.29, 1.82) is 0 Å². The first-order chi connectivity index (χ1) is 14.5. The fourth-order valence-electron chi connectivity index (χ4n) is 3.79. The number of hydrogen-bond acceptors (Lipinski definition) is 6. The van der Waals surface area contributed by atoms with Gasteiger partial charge in [-0.1, -0.05) is 23.5 Å². The van der Waals surface area contributed by atoms with E-state index in [4.69, 9.17) is 9.72 Å². The van der Waals surface area contributed by atoms with Crippen molar-refractivity contribution in [3.8, 4) is 0 Å². The zero-order valence-corrected chi connectivity index (χ0v) is 19.0. The number of morpholine rings is 1. The average molecular weight is 428 g/mol. The first-order valence-electron chi connectivity index (χ1n) is 10.5. The van der Waals surface area contributed by atoms with Crippen LogP contribution >= 0.6 is 11.3 Å². The molecule has 0 aliphatic carbocycles. The van der Waals surface area contributed by atoms with Crippen LogP contribution in [0.1, 0.15) is 34.2 Å². The van der Waals surface area contributed by atoms with Gasteiger partial charge in [-0.15, -0.1) is 0 Å². The maximum absolute atomic E-state index is 13.5. The van der Waals surface area contributed by atoms with Crippen molar-refractivity contribution >= 4 is 32.6 Å². The molecule has 0 unspecified atom stereocenters. The topological polar surface area (TPSA) is 63.5 Å². The number of thiazole rings is 1. The Morgan fingerprint density at radius 1 is 1.20 bits per heavy atom. The maximum atomic E-state index is 13.5. The number of carbonyl (C=O) groups excluding carboxylic acids is 1. The minimum absolute atomic E-state index is 0.0899. The third-order valence-electron chi connectivity index (χ3n) is 5.65. The number of ether oxygens (including phenoxy) is 1. The van der Waals surface area contributed by atoms with E-state index in [9.17, 15) is 4.79 Å². The molecule has 0 atom stereocenters. The van der Waals surface area contributed by atoms with Crippen LogP contribution in [0.2, 0.25) is 0 Å². The van der Waals surface area contributed by atoms with Crippen molar-refractivity contribution in [3.05, 3.63) is 40.7 Å². The largest absolute Gasteiger partial charge is 0.379 e. The van der Waals surface area contributed by atoms with Gasteiger partial charge in [0.25, 0.3) is 5.91 Å². The second kappa shape index (κ2) is 8.83. The molecule has 3 heterocycles. The van der Waals surface area contributed by atoms with E-state index >= 15 is 0 Å². The lowest BCUT2D eigenvalue weighted by Gasteiger charge is -2.29. The van der Waals surface area contributed by atoms with Gasteiger partial charge >= 0.3 is 0 Å². The van der Waals surface area contributed by atoms with Crippen molar-refractivity contribution in [2.75, 3.05) is 44.3 Å². The molecule has 1 aliphatic heterocycles. The highest BCUT2D eigenvalue weighted by Crippen LogP contribution is 2.33. The first-order valence-corrected chi connectivity index (χ1v) is 11.3. The number of nitrogens with zero attached hydrogens (tertiary/aromatic N) is 5. The number of rotatable bonds is 6. The van der Waals surface area contributed by atoms with E-state index < -0.39 is 0 Å². The molecule has 1 fully saturated rings. The van der Waals surface area contributed by atoms with Gasteiger partial charge in [-0.2, -0.15) is 5.10 Å². The van der Waals surface area contributed by atoms with Crippen molar-refractivity contribution < 1.29 is 9.53 Å². The maximum Gasteiger partial charge on any atom is 0.280 e. The van der Waals surface area contributed by atoms with E-state index in [1.54, 1.807) is 16.2 Å². The van der Waals surface area contributed by atoms with Crippen LogP contribution < -0.4 is 4.90 Å². The SMILES string of the molecule is CCn1nc(C(=O)N(CCN2CCOCC2)c2nc3c(C)ccc(C)c3s2)cc1C. The lowest BCUT2D eigenvalue weighted by Crippen LogP contribution is -2.43. The Morgan fingerprint density at radius 2 is 1.93 bits per heavy atom. The number of hydrogen-bond donors (Lipinski definition) is 0. The van der Waals surface area contributed by atoms with Crippen LogP contribution in [0.3, 0.4) is 0 Å². The number of fused-ring (bicyclic) bond motifs is 1. The monoisotopic (exact) mass is 427 g/mol. The summed E-state index contributed by atoms with van der Waals surface area (Å²) in [6.45, 7) is 13.6. The summed E-state index contributed by atoms with van der Waals surface area (Å²) in [6, 6.07) is 6.08. The highest BCUT2D eigenvalue weighted by atomic mass is 32.1. The Kier molecular flexibility index (Phi) is 6.17. The van der Waals surface area contributed by atoms with Crippen LogP contribution in [-0.2, 0) is 11.3 Å². The van der Waals surface area contributed by atoms with Crippen molar-refractivity contribution in [2.45, 2.75) is 34.2 Å². The summed E-state index contributed by atoms with van der Waals surface area (Å²) < 4.78 is 8.46. The van der Waals surface area contributed by atoms with E-state index in [1.807, 2.05) is 24.6 Å². The lowest BCUT2D eigenvalue weighted by atomic mass is 10.1. The van der Waals surface area contributed by atoms with E-state index in [0.717, 1.165) is 66.0 Å². The molecule has 0 N–H and O–H groups in total. The Labute approximate surface area is 181 Å². The second-order valence-electron chi connectivity index (χ2n) is 7.77. The third kappa shape index (κ3) is 4.12. The molecule has 1 aromatic carbocycles. The number of aryl methyl sites for hydroxylation is 4. The van der Waals surface area contributed by atoms with E-state index in [-0.39, 0.29) is 5.91 Å². The van der Waals surface area contributed by atoms with Crippen LogP contribution in [0.15, 0.2) is 18.2 Å². The average Bonchev–Trinajstić information content (AvgIpc) is 3.36. The molecule has 0 bridgehead atoms. The minimum atomic E-state index is -0.0899. The summed E-state index contributed by atoms with van der Waals surface area (Å²) in [6.07, 6.45) is 0. The standard InChI is InChI=1S/C22H29N5O2S/c1-5-27-17(4)14-18(24-27)21(28)26(9-8-25-10-12-29-13-11-25)22-23-19-15(2)6-7-16(3)20(19)30-22/h6-7,14H,5,8-13H2,1-4H3. The van der Waals surface area contributed by atoms with Gasteiger partial charge in [0, 0.05) is 38.4 Å². The van der Waals surface area contributed by atoms with Crippen molar-refractivity contribution in [2.24, 2.45) is 0 Å². The van der Waals surface area contributed by atoms with Gasteiger partial charge in [0.1, 0.15) is 0 Å². The Hall–Kier alpha value is -2.29. The fourth-order valence-corrected chi connectivity index (χ4v) is 4.92. The quantitative estimate of drug-likeness (QED) is 0.603. The Bertz CT molecular complexity index is 1010. The minimum Gasteiger partial charge on any atom is -0.379 e. The lowest BCUT2D eigenvalue weighted by molar-refractivity contribution is 0.0391. The smallest absolute Gasteiger partial charge is 0.280 e. The highest BCUT2D eigenvalue weighted by Gasteiger charge is 2.25. The number of amides is 1. The fraction of sp³-hybridized carbons (Fsp3) is 0.500. The van der Waals surface area contributed by atoms with Gasteiger partial charge in [-0.25, -0.2) is 4.98 Å². The summed E-state index contributed by atoms with van der Waals surface area (Å²) in [5.41, 5.74) is 4.76. The predicted molar refractivity (Wildman–Crippen MR) is 121 cm³/mol. The number of carbonyl (C=O) groups is 1. The molecule has 160 valence electrons. The normalized spacial score (nSPS) is 15.1. The number of aromatic nitrogens is 3. The number of benzene rings is 1. The molecule has 1 aliphatic rings. The van der Waals surface area contributed by atoms with Crippen molar-refractivity contribution in [3.63, 3.8) is 0 Å². The molecular formula is C22H29N5O2S. The van der Waals surface area contributed by atoms with Gasteiger partial charge in [0.05, 0.1) is 23.4 Å². The molecule has 1 saturated heterocycles. The van der Waals surface area contributed by atoms with Crippen LogP contribution in [0, 0.1) is 20.8 Å². The Morgan fingerprint density at radius 3 is 2.60 bits per heavy atom. The van der Waals surface area contributed by atoms with E-state index in [2.05, 4.69) is 36.0 Å². The predicted octanol–water partition coefficient (Wildman–Crippen LogP) is 3.42. The van der Waals surface area contributed by atoms with Gasteiger partial charge in [0.15, 0.2) is 10.8 Å². The second-order valence-corrected chi connectivity index (χ2v) is 8.75. The molecular weight excluding hydrogens is 398 g/mol. The zero-order chi connectivity index (χ0) is 21.3. The highest BCUT2D eigenvalue weighted by molar-refractivity contribution is 7.22. The third-order valence-corrected chi connectivity index (χ3v) is 6.86. The van der Waals surface area contributed by atoms with E-state index in [1.165, 1.54) is 5.56 Å². The van der Waals surface area contributed by atoms with Crippen LogP contribution in [0.4, 0.5) is 5.13 Å². The molecule has 4 rings (SSSR count). The van der Waals surface area contributed by atoms with Crippen molar-refractivity contribution in [1.82, 2.24) is 19.7 Å². The molecule has 30 heavy (non-hydrogen) atoms. The molecule has 7 nitrogen and oxygen atoms in total. The summed E-state index contributed by atoms with van der Waals surface area (Å²) in [7, 11) is 0.